The second-order valence-electron chi connectivity index (χ2n) is 5.98. The average molecular weight is 250 g/mol. The molecule has 2 nitrogen and oxygen atoms in total. The van der Waals surface area contributed by atoms with Crippen LogP contribution >= 0.6 is 0 Å². The molecule has 2 saturated carbocycles. The van der Waals surface area contributed by atoms with E-state index in [0.29, 0.717) is 5.92 Å². The van der Waals surface area contributed by atoms with Gasteiger partial charge in [0.25, 0.3) is 0 Å². The lowest BCUT2D eigenvalue weighted by Gasteiger charge is -2.21. The van der Waals surface area contributed by atoms with Gasteiger partial charge < -0.3 is 0 Å². The molecule has 4 rings (SSSR count). The van der Waals surface area contributed by atoms with Crippen LogP contribution in [0.1, 0.15) is 37.3 Å². The van der Waals surface area contributed by atoms with Gasteiger partial charge in [-0.15, -0.1) is 0 Å². The first-order valence-electron chi connectivity index (χ1n) is 7.27. The van der Waals surface area contributed by atoms with E-state index in [-0.39, 0.29) is 0 Å². The van der Waals surface area contributed by atoms with Crippen molar-refractivity contribution in [2.24, 2.45) is 11.8 Å². The summed E-state index contributed by atoms with van der Waals surface area (Å²) in [6.45, 7) is 0. The number of aromatic nitrogens is 2. The molecular weight excluding hydrogens is 232 g/mol. The molecule has 2 aliphatic carbocycles. The summed E-state index contributed by atoms with van der Waals surface area (Å²) in [5.41, 5.74) is 3.52. The minimum absolute atomic E-state index is 0.684. The molecular formula is C17H18N2. The van der Waals surface area contributed by atoms with Gasteiger partial charge in [-0.1, -0.05) is 36.8 Å². The Kier molecular flexibility index (Phi) is 2.61. The zero-order valence-electron chi connectivity index (χ0n) is 11.0. The lowest BCUT2D eigenvalue weighted by molar-refractivity contribution is 0.413. The highest BCUT2D eigenvalue weighted by Crippen LogP contribution is 2.52. The van der Waals surface area contributed by atoms with E-state index >= 15 is 0 Å². The summed E-state index contributed by atoms with van der Waals surface area (Å²) < 4.78 is 0. The Morgan fingerprint density at radius 3 is 2.58 bits per heavy atom. The fourth-order valence-corrected chi connectivity index (χ4v) is 3.95. The second-order valence-corrected chi connectivity index (χ2v) is 5.98. The number of hydrogen-bond donors (Lipinski definition) is 0. The van der Waals surface area contributed by atoms with Gasteiger partial charge in [-0.05, 0) is 37.2 Å². The molecule has 3 atom stereocenters. The summed E-state index contributed by atoms with van der Waals surface area (Å²) in [4.78, 5) is 8.99. The van der Waals surface area contributed by atoms with Crippen LogP contribution in [-0.2, 0) is 0 Å². The molecule has 2 fully saturated rings. The van der Waals surface area contributed by atoms with E-state index in [9.17, 15) is 0 Å². The molecule has 1 aromatic carbocycles. The molecule has 0 spiro atoms. The van der Waals surface area contributed by atoms with Crippen molar-refractivity contribution in [2.45, 2.75) is 31.6 Å². The van der Waals surface area contributed by atoms with Gasteiger partial charge in [0.15, 0.2) is 0 Å². The minimum Gasteiger partial charge on any atom is -0.241 e. The molecule has 2 aromatic rings. The quantitative estimate of drug-likeness (QED) is 0.803. The number of nitrogens with zero attached hydrogens (tertiary/aromatic N) is 2. The number of benzene rings is 1. The Labute approximate surface area is 113 Å². The van der Waals surface area contributed by atoms with E-state index < -0.39 is 0 Å². The molecule has 19 heavy (non-hydrogen) atoms. The molecule has 0 amide bonds. The maximum Gasteiger partial charge on any atom is 0.116 e. The Balaban J connectivity index is 1.68. The third-order valence-electron chi connectivity index (χ3n) is 4.88. The highest BCUT2D eigenvalue weighted by molar-refractivity contribution is 5.58. The van der Waals surface area contributed by atoms with Crippen LogP contribution in [0.5, 0.6) is 0 Å². The lowest BCUT2D eigenvalue weighted by Crippen LogP contribution is -2.10. The summed E-state index contributed by atoms with van der Waals surface area (Å²) in [6, 6.07) is 12.6. The van der Waals surface area contributed by atoms with Crippen molar-refractivity contribution in [1.29, 1.82) is 0 Å². The van der Waals surface area contributed by atoms with E-state index in [1.807, 2.05) is 6.07 Å². The van der Waals surface area contributed by atoms with Crippen molar-refractivity contribution in [2.75, 3.05) is 0 Å². The summed E-state index contributed by atoms with van der Waals surface area (Å²) in [5, 5.41) is 0. The van der Waals surface area contributed by atoms with Crippen LogP contribution in [0.4, 0.5) is 0 Å². The SMILES string of the molecule is c1ccc(-c2cc(C3CC4CCC3C4)ncn2)cc1. The summed E-state index contributed by atoms with van der Waals surface area (Å²) in [5.74, 6) is 2.53. The van der Waals surface area contributed by atoms with Crippen molar-refractivity contribution in [3.8, 4) is 11.3 Å². The van der Waals surface area contributed by atoms with Crippen molar-refractivity contribution in [3.63, 3.8) is 0 Å². The molecule has 0 N–H and O–H groups in total. The smallest absolute Gasteiger partial charge is 0.116 e. The molecule has 0 radical (unpaired) electrons. The predicted molar refractivity (Wildman–Crippen MR) is 75.7 cm³/mol. The molecule has 2 bridgehead atoms. The first-order valence-corrected chi connectivity index (χ1v) is 7.27. The maximum atomic E-state index is 4.55. The Morgan fingerprint density at radius 1 is 0.947 bits per heavy atom. The summed E-state index contributed by atoms with van der Waals surface area (Å²) in [7, 11) is 0. The topological polar surface area (TPSA) is 25.8 Å². The van der Waals surface area contributed by atoms with Gasteiger partial charge in [-0.2, -0.15) is 0 Å². The van der Waals surface area contributed by atoms with Gasteiger partial charge in [0.2, 0.25) is 0 Å². The summed E-state index contributed by atoms with van der Waals surface area (Å²) >= 11 is 0. The van der Waals surface area contributed by atoms with Crippen LogP contribution < -0.4 is 0 Å². The van der Waals surface area contributed by atoms with Crippen LogP contribution in [0.3, 0.4) is 0 Å². The van der Waals surface area contributed by atoms with Gasteiger partial charge in [0, 0.05) is 17.2 Å². The first-order chi connectivity index (χ1) is 9.40. The van der Waals surface area contributed by atoms with Gasteiger partial charge in [0.05, 0.1) is 5.69 Å². The van der Waals surface area contributed by atoms with Crippen LogP contribution in [0.2, 0.25) is 0 Å². The molecule has 3 unspecified atom stereocenters. The van der Waals surface area contributed by atoms with Crippen LogP contribution in [0.15, 0.2) is 42.7 Å². The van der Waals surface area contributed by atoms with Crippen LogP contribution in [-0.4, -0.2) is 9.97 Å². The molecule has 1 heterocycles. The van der Waals surface area contributed by atoms with Crippen LogP contribution in [0.25, 0.3) is 11.3 Å². The van der Waals surface area contributed by atoms with E-state index in [1.54, 1.807) is 6.33 Å². The molecule has 0 aliphatic heterocycles. The zero-order chi connectivity index (χ0) is 12.7. The van der Waals surface area contributed by atoms with Gasteiger partial charge in [-0.25, -0.2) is 9.97 Å². The second kappa shape index (κ2) is 4.44. The molecule has 1 aromatic heterocycles. The lowest BCUT2D eigenvalue weighted by atomic mass is 9.86. The van der Waals surface area contributed by atoms with Crippen molar-refractivity contribution >= 4 is 0 Å². The zero-order valence-corrected chi connectivity index (χ0v) is 11.0. The van der Waals surface area contributed by atoms with Crippen LogP contribution in [0, 0.1) is 11.8 Å². The Morgan fingerprint density at radius 2 is 1.84 bits per heavy atom. The van der Waals surface area contributed by atoms with Gasteiger partial charge in [-0.3, -0.25) is 0 Å². The van der Waals surface area contributed by atoms with E-state index in [4.69, 9.17) is 0 Å². The maximum absolute atomic E-state index is 4.55. The van der Waals surface area contributed by atoms with E-state index in [1.165, 1.54) is 36.9 Å². The van der Waals surface area contributed by atoms with Crippen molar-refractivity contribution in [1.82, 2.24) is 9.97 Å². The average Bonchev–Trinajstić information content (AvgIpc) is 3.11. The van der Waals surface area contributed by atoms with Gasteiger partial charge in [0.1, 0.15) is 6.33 Å². The fraction of sp³-hybridized carbons (Fsp3) is 0.412. The third-order valence-corrected chi connectivity index (χ3v) is 4.88. The fourth-order valence-electron chi connectivity index (χ4n) is 3.95. The van der Waals surface area contributed by atoms with Gasteiger partial charge >= 0.3 is 0 Å². The summed E-state index contributed by atoms with van der Waals surface area (Å²) in [6.07, 6.45) is 7.35. The molecule has 2 heteroatoms. The normalized spacial score (nSPS) is 28.7. The minimum atomic E-state index is 0.684. The number of fused-ring (bicyclic) bond motifs is 2. The first kappa shape index (κ1) is 11.2. The van der Waals surface area contributed by atoms with Crippen molar-refractivity contribution < 1.29 is 0 Å². The van der Waals surface area contributed by atoms with E-state index in [0.717, 1.165) is 17.5 Å². The Hall–Kier alpha value is -1.70. The predicted octanol–water partition coefficient (Wildman–Crippen LogP) is 4.05. The third kappa shape index (κ3) is 1.95. The Bertz CT molecular complexity index is 579. The highest BCUT2D eigenvalue weighted by atomic mass is 14.8. The number of rotatable bonds is 2. The van der Waals surface area contributed by atoms with E-state index in [2.05, 4.69) is 40.3 Å². The molecule has 96 valence electrons. The van der Waals surface area contributed by atoms with Crippen molar-refractivity contribution in [3.05, 3.63) is 48.4 Å². The number of hydrogen-bond acceptors (Lipinski definition) is 2. The molecule has 2 aliphatic rings. The standard InChI is InChI=1S/C17H18N2/c1-2-4-13(5-3-1)16-10-17(19-11-18-16)15-9-12-6-7-14(15)8-12/h1-5,10-12,14-15H,6-9H2. The largest absolute Gasteiger partial charge is 0.241 e. The monoisotopic (exact) mass is 250 g/mol. The molecule has 0 saturated heterocycles. The highest BCUT2D eigenvalue weighted by Gasteiger charge is 2.40.